The van der Waals surface area contributed by atoms with E-state index in [0.717, 1.165) is 0 Å². The average molecular weight is 118 g/mol. The molecular formula is CHClF2O2. The van der Waals surface area contributed by atoms with Crippen LogP contribution in [0.3, 0.4) is 0 Å². The molecule has 0 heterocycles. The van der Waals surface area contributed by atoms with E-state index in [1.807, 2.05) is 0 Å². The monoisotopic (exact) mass is 118 g/mol. The Bertz CT molecular complexity index is 46.8. The molecule has 0 saturated heterocycles. The maximum atomic E-state index is 10.4. The van der Waals surface area contributed by atoms with Crippen LogP contribution in [0.4, 0.5) is 13.9 Å². The largest absolute Gasteiger partial charge is 0.513 e. The maximum absolute atomic E-state index is 10.4. The lowest BCUT2D eigenvalue weighted by atomic mass is 11.5. The first-order chi connectivity index (χ1) is 2.27. The normalized spacial score (nSPS) is 5.67. The third-order valence-electron chi connectivity index (χ3n) is 0.0607. The van der Waals surface area contributed by atoms with Gasteiger partial charge in [0.1, 0.15) is 11.9 Å². The van der Waals surface area contributed by atoms with Crippen molar-refractivity contribution in [2.24, 2.45) is 0 Å². The van der Waals surface area contributed by atoms with E-state index >= 15 is 0 Å². The molecule has 0 saturated carbocycles. The standard InChI is InChI=1S/CClFO2.FH/c2-5-1(3)4;/h;1H. The van der Waals surface area contributed by atoms with Gasteiger partial charge in [0.05, 0.1) is 0 Å². The van der Waals surface area contributed by atoms with Crippen molar-refractivity contribution in [3.8, 4) is 0 Å². The molecule has 0 bridgehead atoms. The Kier molecular flexibility index (Phi) is 7.05. The van der Waals surface area contributed by atoms with E-state index in [2.05, 4.69) is 16.2 Å². The van der Waals surface area contributed by atoms with Crippen molar-refractivity contribution < 1.29 is 18.2 Å². The molecule has 0 unspecified atom stereocenters. The van der Waals surface area contributed by atoms with Gasteiger partial charge < -0.3 is 4.29 Å². The predicted octanol–water partition coefficient (Wildman–Crippen LogP) is 1.40. The topological polar surface area (TPSA) is 26.3 Å². The quantitative estimate of drug-likeness (QED) is 0.450. The zero-order valence-corrected chi connectivity index (χ0v) is 3.24. The van der Waals surface area contributed by atoms with Gasteiger partial charge in [-0.1, -0.05) is 0 Å². The van der Waals surface area contributed by atoms with Gasteiger partial charge in [-0.15, -0.1) is 4.39 Å². The number of halogens is 3. The Hall–Kier alpha value is -0.380. The van der Waals surface area contributed by atoms with E-state index in [1.165, 1.54) is 0 Å². The van der Waals surface area contributed by atoms with Crippen LogP contribution in [0.15, 0.2) is 0 Å². The molecule has 2 nitrogen and oxygen atoms in total. The molecule has 0 aromatic rings. The summed E-state index contributed by atoms with van der Waals surface area (Å²) in [5, 5.41) is 0. The van der Waals surface area contributed by atoms with Gasteiger partial charge in [-0.25, -0.2) is 4.79 Å². The highest BCUT2D eigenvalue weighted by molar-refractivity contribution is 6.12. The Morgan fingerprint density at radius 2 is 2.00 bits per heavy atom. The van der Waals surface area contributed by atoms with Crippen LogP contribution >= 0.6 is 11.9 Å². The Labute approximate surface area is 37.4 Å². The van der Waals surface area contributed by atoms with E-state index in [9.17, 15) is 4.39 Å². The molecule has 0 rings (SSSR count). The fourth-order valence-corrected chi connectivity index (χ4v) is 0. The summed E-state index contributed by atoms with van der Waals surface area (Å²) in [6.45, 7) is 0. The van der Waals surface area contributed by atoms with Crippen molar-refractivity contribution in [1.82, 2.24) is 0 Å². The van der Waals surface area contributed by atoms with E-state index in [0.29, 0.717) is 0 Å². The Morgan fingerprint density at radius 1 is 1.83 bits per heavy atom. The van der Waals surface area contributed by atoms with Crippen molar-refractivity contribution in [3.05, 3.63) is 0 Å². The van der Waals surface area contributed by atoms with E-state index < -0.39 is 6.22 Å². The van der Waals surface area contributed by atoms with Gasteiger partial charge in [0, 0.05) is 0 Å². The summed E-state index contributed by atoms with van der Waals surface area (Å²) in [6.07, 6.45) is -1.98. The van der Waals surface area contributed by atoms with Crippen LogP contribution in [0.2, 0.25) is 0 Å². The SMILES string of the molecule is F.O=C(F)OCl. The summed E-state index contributed by atoms with van der Waals surface area (Å²) in [5.41, 5.74) is 0. The number of hydrogen-bond acceptors (Lipinski definition) is 2. The zero-order valence-electron chi connectivity index (χ0n) is 2.48. The highest BCUT2D eigenvalue weighted by atomic mass is 35.5. The summed E-state index contributed by atoms with van der Waals surface area (Å²) < 4.78 is 13.4. The van der Waals surface area contributed by atoms with Crippen molar-refractivity contribution in [3.63, 3.8) is 0 Å². The molecule has 5 heteroatoms. The summed E-state index contributed by atoms with van der Waals surface area (Å²) in [7, 11) is 0. The lowest BCUT2D eigenvalue weighted by molar-refractivity contribution is 0.180. The fourth-order valence-electron chi connectivity index (χ4n) is 0. The van der Waals surface area contributed by atoms with Crippen LogP contribution in [0.25, 0.3) is 0 Å². The van der Waals surface area contributed by atoms with E-state index in [4.69, 9.17) is 4.79 Å². The second-order valence-electron chi connectivity index (χ2n) is 0.315. The molecule has 0 aromatic heterocycles. The minimum atomic E-state index is -1.98. The van der Waals surface area contributed by atoms with Crippen LogP contribution in [0, 0.1) is 0 Å². The second-order valence-corrected chi connectivity index (χ2v) is 0.469. The highest BCUT2D eigenvalue weighted by Crippen LogP contribution is 1.82. The minimum Gasteiger partial charge on any atom is -0.321 e. The molecule has 6 heavy (non-hydrogen) atoms. The molecule has 0 spiro atoms. The predicted molar refractivity (Wildman–Crippen MR) is 15.9 cm³/mol. The second kappa shape index (κ2) is 4.62. The molecule has 0 amide bonds. The number of carbonyl (C=O) groups excluding carboxylic acids is 1. The molecule has 0 aliphatic rings. The molecule has 0 aliphatic carbocycles. The summed E-state index contributed by atoms with van der Waals surface area (Å²) in [4.78, 5) is 8.79. The molecule has 0 N–H and O–H groups in total. The molecule has 0 fully saturated rings. The van der Waals surface area contributed by atoms with Gasteiger partial charge in [0.15, 0.2) is 0 Å². The van der Waals surface area contributed by atoms with Crippen LogP contribution in [-0.2, 0) is 4.29 Å². The van der Waals surface area contributed by atoms with Crippen molar-refractivity contribution in [2.75, 3.05) is 0 Å². The molecule has 0 aromatic carbocycles. The third-order valence-corrected chi connectivity index (χ3v) is 0.182. The smallest absolute Gasteiger partial charge is 0.321 e. The number of carbonyl (C=O) groups is 1. The van der Waals surface area contributed by atoms with E-state index in [1.54, 1.807) is 0 Å². The molecular weight excluding hydrogens is 117 g/mol. The fraction of sp³-hybridized carbons (Fsp3) is 0. The summed E-state index contributed by atoms with van der Waals surface area (Å²) in [6, 6.07) is 0. The van der Waals surface area contributed by atoms with Crippen molar-refractivity contribution in [2.45, 2.75) is 0 Å². The first kappa shape index (κ1) is 9.15. The molecule has 0 atom stereocenters. The van der Waals surface area contributed by atoms with Gasteiger partial charge in [-0.2, -0.15) is 0 Å². The van der Waals surface area contributed by atoms with Crippen LogP contribution < -0.4 is 0 Å². The average Bonchev–Trinajstić information content (AvgIpc) is 1.38. The van der Waals surface area contributed by atoms with Gasteiger partial charge in [0.2, 0.25) is 0 Å². The Balaban J connectivity index is 0. The zero-order chi connectivity index (χ0) is 4.28. The lowest BCUT2D eigenvalue weighted by Crippen LogP contribution is -1.75. The summed E-state index contributed by atoms with van der Waals surface area (Å²) >= 11 is 4.11. The minimum absolute atomic E-state index is 0. The first-order valence-electron chi connectivity index (χ1n) is 0.752. The summed E-state index contributed by atoms with van der Waals surface area (Å²) in [5.74, 6) is 0. The van der Waals surface area contributed by atoms with Gasteiger partial charge in [-0.3, -0.25) is 4.70 Å². The van der Waals surface area contributed by atoms with E-state index in [-0.39, 0.29) is 4.70 Å². The highest BCUT2D eigenvalue weighted by Gasteiger charge is 1.87. The lowest BCUT2D eigenvalue weighted by Gasteiger charge is -1.69. The number of hydrogen-bond donors (Lipinski definition) is 0. The third kappa shape index (κ3) is 9.47. The van der Waals surface area contributed by atoms with Gasteiger partial charge in [0.25, 0.3) is 0 Å². The van der Waals surface area contributed by atoms with Crippen LogP contribution in [0.5, 0.6) is 0 Å². The van der Waals surface area contributed by atoms with Crippen LogP contribution in [0.1, 0.15) is 0 Å². The maximum Gasteiger partial charge on any atom is 0.513 e. The molecule has 0 radical (unpaired) electrons. The van der Waals surface area contributed by atoms with Crippen LogP contribution in [-0.4, -0.2) is 6.22 Å². The van der Waals surface area contributed by atoms with Gasteiger partial charge >= 0.3 is 6.22 Å². The Morgan fingerprint density at radius 3 is 2.00 bits per heavy atom. The van der Waals surface area contributed by atoms with Crippen molar-refractivity contribution in [1.29, 1.82) is 0 Å². The first-order valence-corrected chi connectivity index (χ1v) is 1.06. The van der Waals surface area contributed by atoms with Crippen molar-refractivity contribution >= 4 is 18.1 Å². The van der Waals surface area contributed by atoms with Gasteiger partial charge in [-0.05, 0) is 0 Å². The molecule has 38 valence electrons. The molecule has 0 aliphatic heterocycles. The number of rotatable bonds is 0.